The zero-order valence-corrected chi connectivity index (χ0v) is 18.1. The summed E-state index contributed by atoms with van der Waals surface area (Å²) in [4.78, 5) is 17.8. The number of rotatable bonds is 5. The summed E-state index contributed by atoms with van der Waals surface area (Å²) in [6.45, 7) is 4.04. The number of hydrogen-bond acceptors (Lipinski definition) is 4. The Kier molecular flexibility index (Phi) is 5.63. The van der Waals surface area contributed by atoms with Crippen molar-refractivity contribution in [1.82, 2.24) is 9.66 Å². The maximum atomic E-state index is 13.5. The van der Waals surface area contributed by atoms with Gasteiger partial charge in [-0.05, 0) is 48.9 Å². The third kappa shape index (κ3) is 3.98. The van der Waals surface area contributed by atoms with E-state index in [0.29, 0.717) is 33.8 Å². The van der Waals surface area contributed by atoms with Crippen molar-refractivity contribution in [1.29, 1.82) is 0 Å². The lowest BCUT2D eigenvalue weighted by Crippen LogP contribution is -2.23. The first-order valence-electron chi connectivity index (χ1n) is 9.58. The normalized spacial score (nSPS) is 12.7. The molecule has 2 aromatic carbocycles. The van der Waals surface area contributed by atoms with Crippen molar-refractivity contribution in [2.45, 2.75) is 26.2 Å². The first kappa shape index (κ1) is 20.2. The molecule has 1 atom stereocenters. The summed E-state index contributed by atoms with van der Waals surface area (Å²) in [5.41, 5.74) is 1.02. The summed E-state index contributed by atoms with van der Waals surface area (Å²) in [6.07, 6.45) is 2.29. The van der Waals surface area contributed by atoms with Crippen molar-refractivity contribution in [3.63, 3.8) is 0 Å². The van der Waals surface area contributed by atoms with E-state index < -0.39 is 0 Å². The molecule has 0 aliphatic heterocycles. The Bertz CT molecular complexity index is 1310. The van der Waals surface area contributed by atoms with Crippen molar-refractivity contribution in [3.8, 4) is 11.3 Å². The van der Waals surface area contributed by atoms with E-state index in [-0.39, 0.29) is 17.3 Å². The lowest BCUT2D eigenvalue weighted by atomic mass is 10.1. The summed E-state index contributed by atoms with van der Waals surface area (Å²) >= 11 is 3.40. The van der Waals surface area contributed by atoms with Gasteiger partial charge >= 0.3 is 0 Å². The molecular weight excluding hydrogens is 449 g/mol. The second-order valence-corrected chi connectivity index (χ2v) is 7.93. The average molecular weight is 468 g/mol. The highest BCUT2D eigenvalue weighted by molar-refractivity contribution is 9.10. The SMILES string of the molecule is CC[C@H](C)c1nc2ccc(Br)cc2c(=O)n1N=Cc1ccc(-c2cccc(F)c2)o1. The van der Waals surface area contributed by atoms with E-state index in [1.165, 1.54) is 23.0 Å². The van der Waals surface area contributed by atoms with Gasteiger partial charge in [-0.1, -0.05) is 41.9 Å². The number of hydrogen-bond donors (Lipinski definition) is 0. The minimum atomic E-state index is -0.336. The highest BCUT2D eigenvalue weighted by Gasteiger charge is 2.15. The van der Waals surface area contributed by atoms with Crippen LogP contribution in [0.3, 0.4) is 0 Å². The number of benzene rings is 2. The third-order valence-corrected chi connectivity index (χ3v) is 5.42. The Morgan fingerprint density at radius 2 is 2.07 bits per heavy atom. The highest BCUT2D eigenvalue weighted by atomic mass is 79.9. The molecule has 0 spiro atoms. The van der Waals surface area contributed by atoms with Crippen molar-refractivity contribution in [3.05, 3.63) is 86.8 Å². The largest absolute Gasteiger partial charge is 0.455 e. The molecule has 0 amide bonds. The van der Waals surface area contributed by atoms with Crippen LogP contribution >= 0.6 is 15.9 Å². The van der Waals surface area contributed by atoms with Crippen molar-refractivity contribution in [2.24, 2.45) is 5.10 Å². The number of halogens is 2. The number of nitrogens with zero attached hydrogens (tertiary/aromatic N) is 3. The van der Waals surface area contributed by atoms with E-state index in [1.807, 2.05) is 26.0 Å². The van der Waals surface area contributed by atoms with Gasteiger partial charge in [-0.15, -0.1) is 0 Å². The van der Waals surface area contributed by atoms with Crippen LogP contribution in [-0.4, -0.2) is 15.9 Å². The number of fused-ring (bicyclic) bond motifs is 1. The molecule has 0 aliphatic carbocycles. The van der Waals surface area contributed by atoms with Crippen LogP contribution in [0.15, 0.2) is 73.4 Å². The molecule has 7 heteroatoms. The van der Waals surface area contributed by atoms with Crippen LogP contribution in [-0.2, 0) is 0 Å². The monoisotopic (exact) mass is 467 g/mol. The van der Waals surface area contributed by atoms with Gasteiger partial charge in [0.2, 0.25) is 0 Å². The predicted octanol–water partition coefficient (Wildman–Crippen LogP) is 5.95. The highest BCUT2D eigenvalue weighted by Crippen LogP contribution is 2.23. The second kappa shape index (κ2) is 8.36. The zero-order chi connectivity index (χ0) is 21.3. The number of aromatic nitrogens is 2. The van der Waals surface area contributed by atoms with Gasteiger partial charge in [-0.25, -0.2) is 9.37 Å². The smallest absolute Gasteiger partial charge is 0.282 e. The lowest BCUT2D eigenvalue weighted by molar-refractivity contribution is 0.570. The topological polar surface area (TPSA) is 60.4 Å². The van der Waals surface area contributed by atoms with E-state index in [1.54, 1.807) is 30.3 Å². The molecule has 0 radical (unpaired) electrons. The van der Waals surface area contributed by atoms with Crippen LogP contribution in [0.25, 0.3) is 22.2 Å². The van der Waals surface area contributed by atoms with Gasteiger partial charge in [-0.3, -0.25) is 4.79 Å². The molecule has 0 N–H and O–H groups in total. The number of furan rings is 1. The summed E-state index contributed by atoms with van der Waals surface area (Å²) in [5.74, 6) is 1.27. The van der Waals surface area contributed by atoms with Gasteiger partial charge in [0.1, 0.15) is 23.2 Å². The van der Waals surface area contributed by atoms with Gasteiger partial charge in [0, 0.05) is 16.0 Å². The molecule has 0 unspecified atom stereocenters. The minimum Gasteiger partial charge on any atom is -0.455 e. The van der Waals surface area contributed by atoms with E-state index in [0.717, 1.165) is 10.9 Å². The van der Waals surface area contributed by atoms with Crippen LogP contribution < -0.4 is 5.56 Å². The van der Waals surface area contributed by atoms with Gasteiger partial charge in [0.05, 0.1) is 17.1 Å². The fraction of sp³-hybridized carbons (Fsp3) is 0.174. The molecule has 0 fully saturated rings. The summed E-state index contributed by atoms with van der Waals surface area (Å²) in [5, 5.41) is 4.86. The van der Waals surface area contributed by atoms with E-state index >= 15 is 0 Å². The molecule has 30 heavy (non-hydrogen) atoms. The molecule has 4 rings (SSSR count). The molecule has 2 heterocycles. The molecule has 0 bridgehead atoms. The maximum absolute atomic E-state index is 13.5. The van der Waals surface area contributed by atoms with E-state index in [4.69, 9.17) is 4.42 Å². The Labute approximate surface area is 181 Å². The van der Waals surface area contributed by atoms with Gasteiger partial charge < -0.3 is 4.42 Å². The molecule has 0 saturated heterocycles. The molecule has 152 valence electrons. The van der Waals surface area contributed by atoms with Crippen molar-refractivity contribution in [2.75, 3.05) is 0 Å². The maximum Gasteiger partial charge on any atom is 0.282 e. The second-order valence-electron chi connectivity index (χ2n) is 7.01. The molecule has 0 aliphatic rings. The van der Waals surface area contributed by atoms with Crippen LogP contribution in [0.5, 0.6) is 0 Å². The zero-order valence-electron chi connectivity index (χ0n) is 16.5. The van der Waals surface area contributed by atoms with Gasteiger partial charge in [0.15, 0.2) is 0 Å². The van der Waals surface area contributed by atoms with Gasteiger partial charge in [-0.2, -0.15) is 9.78 Å². The first-order chi connectivity index (χ1) is 14.5. The van der Waals surface area contributed by atoms with Crippen LogP contribution in [0.4, 0.5) is 4.39 Å². The summed E-state index contributed by atoms with van der Waals surface area (Å²) in [6, 6.07) is 15.0. The molecular formula is C23H19BrFN3O2. The van der Waals surface area contributed by atoms with Crippen LogP contribution in [0.1, 0.15) is 37.8 Å². The quantitative estimate of drug-likeness (QED) is 0.340. The van der Waals surface area contributed by atoms with Crippen molar-refractivity contribution >= 4 is 33.0 Å². The Hall–Kier alpha value is -3.06. The summed E-state index contributed by atoms with van der Waals surface area (Å²) in [7, 11) is 0. The van der Waals surface area contributed by atoms with E-state index in [2.05, 4.69) is 26.0 Å². The predicted molar refractivity (Wildman–Crippen MR) is 120 cm³/mol. The summed E-state index contributed by atoms with van der Waals surface area (Å²) < 4.78 is 21.4. The fourth-order valence-electron chi connectivity index (χ4n) is 3.11. The Balaban J connectivity index is 1.77. The lowest BCUT2D eigenvalue weighted by Gasteiger charge is -2.13. The van der Waals surface area contributed by atoms with Crippen LogP contribution in [0, 0.1) is 5.82 Å². The fourth-order valence-corrected chi connectivity index (χ4v) is 3.47. The molecule has 2 aromatic heterocycles. The van der Waals surface area contributed by atoms with Gasteiger partial charge in [0.25, 0.3) is 5.56 Å². The first-order valence-corrected chi connectivity index (χ1v) is 10.4. The third-order valence-electron chi connectivity index (χ3n) is 4.92. The molecule has 0 saturated carbocycles. The molecule has 4 aromatic rings. The Morgan fingerprint density at radius 1 is 1.23 bits per heavy atom. The standard InChI is InChI=1S/C23H19BrFN3O2/c1-3-14(2)22-27-20-9-7-16(24)12-19(20)23(29)28(22)26-13-18-8-10-21(30-18)15-5-4-6-17(25)11-15/h4-14H,3H2,1-2H3/t14-/m0/s1. The molecule has 5 nitrogen and oxygen atoms in total. The van der Waals surface area contributed by atoms with Crippen molar-refractivity contribution < 1.29 is 8.81 Å². The minimum absolute atomic E-state index is 0.0438. The van der Waals surface area contributed by atoms with Crippen LogP contribution in [0.2, 0.25) is 0 Å². The van der Waals surface area contributed by atoms with E-state index in [9.17, 15) is 9.18 Å². The Morgan fingerprint density at radius 3 is 2.83 bits per heavy atom. The average Bonchev–Trinajstić information content (AvgIpc) is 3.22.